The van der Waals surface area contributed by atoms with Crippen LogP contribution in [0.2, 0.25) is 0 Å². The largest absolute Gasteiger partial charge is 0.497 e. The van der Waals surface area contributed by atoms with E-state index in [0.717, 1.165) is 11.6 Å². The molecule has 0 unspecified atom stereocenters. The number of nitrogens with zero attached hydrogens (tertiary/aromatic N) is 1. The molecule has 2 rings (SSSR count). The molecule has 2 aromatic carbocycles. The van der Waals surface area contributed by atoms with Gasteiger partial charge in [0.15, 0.2) is 5.78 Å². The first-order valence-electron chi connectivity index (χ1n) is 7.89. The van der Waals surface area contributed by atoms with Gasteiger partial charge in [-0.3, -0.25) is 14.9 Å². The summed E-state index contributed by atoms with van der Waals surface area (Å²) in [6.07, 6.45) is 0.885. The average Bonchev–Trinajstić information content (AvgIpc) is 2.63. The molecule has 0 saturated heterocycles. The Morgan fingerprint density at radius 3 is 2.44 bits per heavy atom. The average molecular weight is 370 g/mol. The Morgan fingerprint density at radius 1 is 1.19 bits per heavy atom. The maximum atomic E-state index is 12.4. The van der Waals surface area contributed by atoms with E-state index in [-0.39, 0.29) is 16.9 Å². The summed E-state index contributed by atoms with van der Waals surface area (Å²) < 4.78 is 5.04. The van der Waals surface area contributed by atoms with Gasteiger partial charge in [-0.15, -0.1) is 0 Å². The highest BCUT2D eigenvalue weighted by molar-refractivity contribution is 6.09. The van der Waals surface area contributed by atoms with Gasteiger partial charge in [0.2, 0.25) is 0 Å². The molecule has 140 valence electrons. The fourth-order valence-electron chi connectivity index (χ4n) is 2.34. The minimum atomic E-state index is -1.42. The molecule has 0 aliphatic heterocycles. The molecule has 2 N–H and O–H groups in total. The van der Waals surface area contributed by atoms with E-state index in [0.29, 0.717) is 11.3 Å². The van der Waals surface area contributed by atoms with Gasteiger partial charge >= 0.3 is 5.97 Å². The second kappa shape index (κ2) is 8.13. The molecule has 8 nitrogen and oxygen atoms in total. The Bertz CT molecular complexity index is 949. The number of nitro groups is 1. The summed E-state index contributed by atoms with van der Waals surface area (Å²) in [5.74, 6) is -1.55. The monoisotopic (exact) mass is 370 g/mol. The number of anilines is 1. The number of carboxylic acids is 1. The zero-order valence-electron chi connectivity index (χ0n) is 15.0. The van der Waals surface area contributed by atoms with Crippen LogP contribution >= 0.6 is 0 Å². The number of carbonyl (C=O) groups excluding carboxylic acids is 1. The van der Waals surface area contributed by atoms with Crippen molar-refractivity contribution in [1.82, 2.24) is 0 Å². The number of nitrogens with one attached hydrogen (secondary N) is 1. The van der Waals surface area contributed by atoms with Crippen LogP contribution in [0.1, 0.15) is 21.5 Å². The molecule has 0 radical (unpaired) electrons. The molecule has 27 heavy (non-hydrogen) atoms. The lowest BCUT2D eigenvalue weighted by atomic mass is 10.1. The Morgan fingerprint density at radius 2 is 1.85 bits per heavy atom. The van der Waals surface area contributed by atoms with Gasteiger partial charge in [0.1, 0.15) is 17.1 Å². The number of ether oxygens (including phenoxy) is 1. The number of carboxylic acid groups (broad SMARTS) is 1. The molecule has 0 aliphatic carbocycles. The number of hydrogen-bond acceptors (Lipinski definition) is 6. The predicted octanol–water partition coefficient (Wildman–Crippen LogP) is 3.48. The van der Waals surface area contributed by atoms with Gasteiger partial charge in [-0.2, -0.15) is 0 Å². The smallest absolute Gasteiger partial charge is 0.352 e. The molecular formula is C19H18N2O6. The highest BCUT2D eigenvalue weighted by Crippen LogP contribution is 2.29. The van der Waals surface area contributed by atoms with Crippen molar-refractivity contribution >= 4 is 23.1 Å². The van der Waals surface area contributed by atoms with Crippen LogP contribution in [0, 0.1) is 24.0 Å². The molecule has 0 amide bonds. The topological polar surface area (TPSA) is 119 Å². The number of ketones is 1. The second-order valence-corrected chi connectivity index (χ2v) is 5.80. The minimum absolute atomic E-state index is 0.00445. The van der Waals surface area contributed by atoms with Crippen molar-refractivity contribution in [3.8, 4) is 5.75 Å². The number of hydrogen-bond donors (Lipinski definition) is 2. The minimum Gasteiger partial charge on any atom is -0.497 e. The van der Waals surface area contributed by atoms with Crippen LogP contribution < -0.4 is 10.1 Å². The van der Waals surface area contributed by atoms with Gasteiger partial charge in [-0.25, -0.2) is 4.79 Å². The fourth-order valence-corrected chi connectivity index (χ4v) is 2.34. The highest BCUT2D eigenvalue weighted by atomic mass is 16.6. The van der Waals surface area contributed by atoms with E-state index in [1.165, 1.54) is 31.4 Å². The van der Waals surface area contributed by atoms with Crippen molar-refractivity contribution in [2.75, 3.05) is 12.4 Å². The third kappa shape index (κ3) is 4.69. The normalized spacial score (nSPS) is 11.0. The lowest BCUT2D eigenvalue weighted by molar-refractivity contribution is -0.384. The quantitative estimate of drug-likeness (QED) is 0.331. The zero-order chi connectivity index (χ0) is 20.1. The first-order chi connectivity index (χ1) is 12.7. The van der Waals surface area contributed by atoms with Crippen molar-refractivity contribution in [2.45, 2.75) is 13.8 Å². The van der Waals surface area contributed by atoms with Crippen molar-refractivity contribution in [3.05, 3.63) is 75.0 Å². The summed E-state index contributed by atoms with van der Waals surface area (Å²) in [4.78, 5) is 34.6. The number of aliphatic carboxylic acids is 1. The lowest BCUT2D eigenvalue weighted by Gasteiger charge is -2.10. The maximum Gasteiger partial charge on any atom is 0.352 e. The van der Waals surface area contributed by atoms with Gasteiger partial charge in [-0.1, -0.05) is 12.1 Å². The summed E-state index contributed by atoms with van der Waals surface area (Å²) in [7, 11) is 1.45. The summed E-state index contributed by atoms with van der Waals surface area (Å²) >= 11 is 0. The first kappa shape index (κ1) is 19.6. The number of aryl methyl sites for hydroxylation is 2. The summed E-state index contributed by atoms with van der Waals surface area (Å²) in [6, 6.07) is 9.05. The molecule has 0 heterocycles. The van der Waals surface area contributed by atoms with Crippen molar-refractivity contribution in [3.63, 3.8) is 0 Å². The van der Waals surface area contributed by atoms with Crippen LogP contribution in [0.3, 0.4) is 0 Å². The molecule has 0 saturated carbocycles. The van der Waals surface area contributed by atoms with E-state index >= 15 is 0 Å². The molecule has 2 aromatic rings. The highest BCUT2D eigenvalue weighted by Gasteiger charge is 2.20. The van der Waals surface area contributed by atoms with Gasteiger partial charge in [0.25, 0.3) is 5.69 Å². The molecule has 8 heteroatoms. The standard InChI is InChI=1S/C19H18N2O6/c1-11-7-15(17(21(25)26)8-12(11)2)20-16(19(23)24)10-18(22)13-5-4-6-14(9-13)27-3/h4-10,20H,1-3H3,(H,23,24)/b16-10+. The first-order valence-corrected chi connectivity index (χ1v) is 7.89. The van der Waals surface area contributed by atoms with E-state index < -0.39 is 22.4 Å². The lowest BCUT2D eigenvalue weighted by Crippen LogP contribution is -2.14. The molecule has 0 aromatic heterocycles. The van der Waals surface area contributed by atoms with Crippen molar-refractivity contribution in [2.24, 2.45) is 0 Å². The predicted molar refractivity (Wildman–Crippen MR) is 99.2 cm³/mol. The van der Waals surface area contributed by atoms with Crippen LogP contribution in [-0.2, 0) is 4.79 Å². The SMILES string of the molecule is COc1cccc(C(=O)/C=C(/Nc2cc(C)c(C)cc2[N+](=O)[O-])C(=O)O)c1. The Labute approximate surface area is 155 Å². The van der Waals surface area contributed by atoms with Crippen LogP contribution in [0.5, 0.6) is 5.75 Å². The molecule has 0 spiro atoms. The van der Waals surface area contributed by atoms with E-state index in [1.807, 2.05) is 0 Å². The van der Waals surface area contributed by atoms with Crippen LogP contribution in [0.4, 0.5) is 11.4 Å². The zero-order valence-corrected chi connectivity index (χ0v) is 15.0. The molecule has 0 atom stereocenters. The van der Waals surface area contributed by atoms with E-state index in [9.17, 15) is 24.8 Å². The van der Waals surface area contributed by atoms with Crippen LogP contribution in [0.15, 0.2) is 48.2 Å². The third-order valence-corrected chi connectivity index (χ3v) is 3.94. The van der Waals surface area contributed by atoms with Crippen LogP contribution in [-0.4, -0.2) is 28.9 Å². The number of nitro benzene ring substituents is 1. The van der Waals surface area contributed by atoms with Gasteiger partial charge in [0.05, 0.1) is 12.0 Å². The molecule has 0 bridgehead atoms. The van der Waals surface area contributed by atoms with Gasteiger partial charge in [0, 0.05) is 17.7 Å². The second-order valence-electron chi connectivity index (χ2n) is 5.80. The number of rotatable bonds is 7. The summed E-state index contributed by atoms with van der Waals surface area (Å²) in [5, 5.41) is 23.2. The maximum absolute atomic E-state index is 12.4. The summed E-state index contributed by atoms with van der Waals surface area (Å²) in [6.45, 7) is 3.46. The van der Waals surface area contributed by atoms with Crippen molar-refractivity contribution in [1.29, 1.82) is 0 Å². The number of benzene rings is 2. The number of allylic oxidation sites excluding steroid dienone is 1. The fraction of sp³-hybridized carbons (Fsp3) is 0.158. The number of carbonyl (C=O) groups is 2. The van der Waals surface area contributed by atoms with Crippen molar-refractivity contribution < 1.29 is 24.4 Å². The van der Waals surface area contributed by atoms with Gasteiger partial charge < -0.3 is 15.2 Å². The van der Waals surface area contributed by atoms with E-state index in [1.54, 1.807) is 26.0 Å². The Balaban J connectivity index is 2.42. The molecule has 0 aliphatic rings. The molecular weight excluding hydrogens is 352 g/mol. The van der Waals surface area contributed by atoms with Gasteiger partial charge in [-0.05, 0) is 43.2 Å². The van der Waals surface area contributed by atoms with E-state index in [2.05, 4.69) is 5.32 Å². The third-order valence-electron chi connectivity index (χ3n) is 3.94. The van der Waals surface area contributed by atoms with Crippen LogP contribution in [0.25, 0.3) is 0 Å². The Hall–Kier alpha value is -3.68. The summed E-state index contributed by atoms with van der Waals surface area (Å²) in [5.41, 5.74) is 0.903. The number of methoxy groups -OCH3 is 1. The Kier molecular flexibility index (Phi) is 5.92. The van der Waals surface area contributed by atoms with E-state index in [4.69, 9.17) is 4.74 Å². The molecule has 0 fully saturated rings.